The van der Waals surface area contributed by atoms with Gasteiger partial charge in [-0.3, -0.25) is 4.99 Å². The Morgan fingerprint density at radius 2 is 1.43 bits per heavy atom. The summed E-state index contributed by atoms with van der Waals surface area (Å²) in [7, 11) is 0.328. The summed E-state index contributed by atoms with van der Waals surface area (Å²) >= 11 is 0. The molecule has 2 unspecified atom stereocenters. The predicted octanol–water partition coefficient (Wildman–Crippen LogP) is 7.18. The molecule has 1 aliphatic carbocycles. The van der Waals surface area contributed by atoms with Gasteiger partial charge in [0.2, 0.25) is 0 Å². The Labute approximate surface area is 224 Å². The molecular formula is C33H39NO2S. The molecule has 4 heteroatoms. The Balaban J connectivity index is 1.95. The SMILES string of the molecule is COc1ccc(N=C2C=c3ccccc3=C(S(=O)c3c(C(C)C)cc(C(C)C)cc3C(C)C)C2C)cc1. The largest absolute Gasteiger partial charge is 0.497 e. The maximum absolute atomic E-state index is 14.8. The van der Waals surface area contributed by atoms with Crippen LogP contribution in [0.1, 0.15) is 82.9 Å². The van der Waals surface area contributed by atoms with Crippen molar-refractivity contribution in [3.05, 3.63) is 87.8 Å². The van der Waals surface area contributed by atoms with E-state index in [1.807, 2.05) is 36.4 Å². The summed E-state index contributed by atoms with van der Waals surface area (Å²) in [6, 6.07) is 20.6. The second kappa shape index (κ2) is 11.2. The zero-order chi connectivity index (χ0) is 26.9. The molecule has 37 heavy (non-hydrogen) atoms. The van der Waals surface area contributed by atoms with Gasteiger partial charge in [-0.2, -0.15) is 0 Å². The summed E-state index contributed by atoms with van der Waals surface area (Å²) in [6.07, 6.45) is 2.14. The third-order valence-electron chi connectivity index (χ3n) is 7.16. The van der Waals surface area contributed by atoms with E-state index in [2.05, 4.69) is 78.8 Å². The minimum atomic E-state index is -1.34. The number of aliphatic imine (C=N–C) groups is 1. The highest BCUT2D eigenvalue weighted by molar-refractivity contribution is 7.94. The van der Waals surface area contributed by atoms with Crippen LogP contribution in [0.15, 0.2) is 70.6 Å². The fourth-order valence-electron chi connectivity index (χ4n) is 4.91. The van der Waals surface area contributed by atoms with Gasteiger partial charge in [-0.15, -0.1) is 0 Å². The monoisotopic (exact) mass is 513 g/mol. The van der Waals surface area contributed by atoms with Crippen LogP contribution in [0, 0.1) is 5.92 Å². The van der Waals surface area contributed by atoms with Gasteiger partial charge in [-0.1, -0.05) is 84.9 Å². The summed E-state index contributed by atoms with van der Waals surface area (Å²) in [5.74, 6) is 1.66. The molecule has 0 saturated carbocycles. The van der Waals surface area contributed by atoms with Gasteiger partial charge in [0, 0.05) is 16.5 Å². The highest BCUT2D eigenvalue weighted by Gasteiger charge is 2.29. The molecule has 3 nitrogen and oxygen atoms in total. The summed E-state index contributed by atoms with van der Waals surface area (Å²) in [5.41, 5.74) is 5.46. The van der Waals surface area contributed by atoms with Crippen LogP contribution in [0.3, 0.4) is 0 Å². The highest BCUT2D eigenvalue weighted by Crippen LogP contribution is 2.38. The van der Waals surface area contributed by atoms with Crippen LogP contribution in [0.2, 0.25) is 0 Å². The first kappa shape index (κ1) is 27.1. The first-order chi connectivity index (χ1) is 17.6. The lowest BCUT2D eigenvalue weighted by Gasteiger charge is -2.26. The minimum Gasteiger partial charge on any atom is -0.497 e. The molecule has 1 aliphatic rings. The Kier molecular flexibility index (Phi) is 8.18. The van der Waals surface area contributed by atoms with E-state index >= 15 is 0 Å². The van der Waals surface area contributed by atoms with Crippen molar-refractivity contribution >= 4 is 33.2 Å². The number of hydrogen-bond acceptors (Lipinski definition) is 3. The molecule has 0 heterocycles. The van der Waals surface area contributed by atoms with Crippen LogP contribution in [-0.4, -0.2) is 17.0 Å². The van der Waals surface area contributed by atoms with E-state index < -0.39 is 10.8 Å². The van der Waals surface area contributed by atoms with Crippen molar-refractivity contribution in [3.8, 4) is 5.75 Å². The van der Waals surface area contributed by atoms with Crippen LogP contribution in [-0.2, 0) is 10.8 Å². The van der Waals surface area contributed by atoms with E-state index in [1.54, 1.807) is 7.11 Å². The van der Waals surface area contributed by atoms with E-state index in [9.17, 15) is 4.21 Å². The molecule has 0 spiro atoms. The molecule has 0 bridgehead atoms. The number of fused-ring (bicyclic) bond motifs is 1. The minimum absolute atomic E-state index is 0.0948. The van der Waals surface area contributed by atoms with Crippen molar-refractivity contribution < 1.29 is 8.95 Å². The van der Waals surface area contributed by atoms with E-state index in [-0.39, 0.29) is 17.8 Å². The predicted molar refractivity (Wildman–Crippen MR) is 158 cm³/mol. The van der Waals surface area contributed by atoms with Crippen molar-refractivity contribution in [1.29, 1.82) is 0 Å². The molecule has 4 rings (SSSR count). The van der Waals surface area contributed by atoms with Crippen molar-refractivity contribution in [2.75, 3.05) is 7.11 Å². The Morgan fingerprint density at radius 1 is 0.838 bits per heavy atom. The van der Waals surface area contributed by atoms with Crippen LogP contribution in [0.5, 0.6) is 5.75 Å². The topological polar surface area (TPSA) is 38.7 Å². The Bertz CT molecular complexity index is 1430. The van der Waals surface area contributed by atoms with Crippen molar-refractivity contribution in [3.63, 3.8) is 0 Å². The van der Waals surface area contributed by atoms with Gasteiger partial charge in [0.25, 0.3) is 0 Å². The number of hydrogen-bond donors (Lipinski definition) is 0. The second-order valence-electron chi connectivity index (χ2n) is 10.8. The fraction of sp³-hybridized carbons (Fsp3) is 0.364. The number of benzene rings is 3. The number of rotatable bonds is 7. The van der Waals surface area contributed by atoms with Gasteiger partial charge in [-0.05, 0) is 75.2 Å². The molecule has 0 radical (unpaired) electrons. The van der Waals surface area contributed by atoms with Gasteiger partial charge < -0.3 is 4.74 Å². The molecule has 0 aliphatic heterocycles. The molecule has 2 atom stereocenters. The lowest BCUT2D eigenvalue weighted by molar-refractivity contribution is 0.415. The maximum atomic E-state index is 14.8. The summed E-state index contributed by atoms with van der Waals surface area (Å²) in [6.45, 7) is 15.4. The van der Waals surface area contributed by atoms with Crippen LogP contribution >= 0.6 is 0 Å². The maximum Gasteiger partial charge on any atom is 0.119 e. The molecular weight excluding hydrogens is 474 g/mol. The molecule has 0 aromatic heterocycles. The zero-order valence-corrected chi connectivity index (χ0v) is 24.1. The molecule has 194 valence electrons. The normalized spacial score (nSPS) is 17.3. The summed E-state index contributed by atoms with van der Waals surface area (Å²) in [4.78, 5) is 6.92. The average molecular weight is 514 g/mol. The molecule has 0 amide bonds. The van der Waals surface area contributed by atoms with E-state index in [0.717, 1.165) is 37.4 Å². The highest BCUT2D eigenvalue weighted by atomic mass is 32.2. The first-order valence-corrected chi connectivity index (χ1v) is 14.4. The number of ether oxygens (including phenoxy) is 1. The van der Waals surface area contributed by atoms with Gasteiger partial charge in [0.15, 0.2) is 0 Å². The lowest BCUT2D eigenvalue weighted by Crippen LogP contribution is -2.37. The molecule has 3 aromatic rings. The Hall–Kier alpha value is -2.98. The smallest absolute Gasteiger partial charge is 0.119 e. The summed E-state index contributed by atoms with van der Waals surface area (Å²) in [5, 5.41) is 2.12. The number of nitrogens with zero attached hydrogens (tertiary/aromatic N) is 1. The standard InChI is InChI=1S/C33H39NO2S/c1-20(2)25-17-29(21(3)4)33(30(18-25)22(5)6)37(35)32-23(7)31(19-24-11-9-10-12-28(24)32)34-26-13-15-27(36-8)16-14-26/h9-23H,1-8H3. The first-order valence-electron chi connectivity index (χ1n) is 13.3. The molecule has 0 fully saturated rings. The molecule has 3 aromatic carbocycles. The van der Waals surface area contributed by atoms with Crippen molar-refractivity contribution in [2.45, 2.75) is 71.1 Å². The average Bonchev–Trinajstić information content (AvgIpc) is 2.88. The number of methoxy groups -OCH3 is 1. The second-order valence-corrected chi connectivity index (χ2v) is 12.2. The third-order valence-corrected chi connectivity index (χ3v) is 8.98. The van der Waals surface area contributed by atoms with Crippen LogP contribution in [0.4, 0.5) is 5.69 Å². The quantitative estimate of drug-likeness (QED) is 0.335. The zero-order valence-electron chi connectivity index (χ0n) is 23.3. The van der Waals surface area contributed by atoms with E-state index in [1.165, 1.54) is 16.7 Å². The van der Waals surface area contributed by atoms with E-state index in [4.69, 9.17) is 9.73 Å². The molecule has 0 saturated heterocycles. The lowest BCUT2D eigenvalue weighted by atomic mass is 9.89. The van der Waals surface area contributed by atoms with Crippen LogP contribution in [0.25, 0.3) is 11.0 Å². The third kappa shape index (κ3) is 5.50. The van der Waals surface area contributed by atoms with Gasteiger partial charge >= 0.3 is 0 Å². The summed E-state index contributed by atoms with van der Waals surface area (Å²) < 4.78 is 20.1. The van der Waals surface area contributed by atoms with Crippen LogP contribution < -0.4 is 15.2 Å². The van der Waals surface area contributed by atoms with Gasteiger partial charge in [-0.25, -0.2) is 4.21 Å². The van der Waals surface area contributed by atoms with E-state index in [0.29, 0.717) is 5.92 Å². The molecule has 0 N–H and O–H groups in total. The Morgan fingerprint density at radius 3 is 1.97 bits per heavy atom. The van der Waals surface area contributed by atoms with Crippen molar-refractivity contribution in [1.82, 2.24) is 0 Å². The van der Waals surface area contributed by atoms with Gasteiger partial charge in [0.1, 0.15) is 5.75 Å². The fourth-order valence-corrected chi connectivity index (χ4v) is 6.97. The van der Waals surface area contributed by atoms with Crippen molar-refractivity contribution in [2.24, 2.45) is 10.9 Å². The van der Waals surface area contributed by atoms with Gasteiger partial charge in [0.05, 0.1) is 28.5 Å².